The molecule has 3 rings (SSSR count). The van der Waals surface area contributed by atoms with E-state index in [1.54, 1.807) is 16.4 Å². The summed E-state index contributed by atoms with van der Waals surface area (Å²) in [5.74, 6) is 0.401. The standard InChI is InChI=1S/C20H25NO2S/c1-16-6-4-3-5-7-20-18(11-8-16)14-15-21(20)24(22,23)19-12-9-17(2)10-13-19/h3-6,9-10,12-13,18,20H,1,7-8,11,14-15H2,2H3/b5-3-,6-4-/t18-,20-/m0/s1. The van der Waals surface area contributed by atoms with Crippen LogP contribution < -0.4 is 0 Å². The van der Waals surface area contributed by atoms with Gasteiger partial charge in [0.15, 0.2) is 0 Å². The summed E-state index contributed by atoms with van der Waals surface area (Å²) in [4.78, 5) is 0.402. The summed E-state index contributed by atoms with van der Waals surface area (Å²) in [7, 11) is -3.43. The summed E-state index contributed by atoms with van der Waals surface area (Å²) >= 11 is 0. The molecule has 0 bridgehead atoms. The lowest BCUT2D eigenvalue weighted by Gasteiger charge is -2.27. The van der Waals surface area contributed by atoms with Crippen LogP contribution >= 0.6 is 0 Å². The van der Waals surface area contributed by atoms with Crippen molar-refractivity contribution in [3.05, 3.63) is 66.3 Å². The van der Waals surface area contributed by atoms with Crippen molar-refractivity contribution in [1.29, 1.82) is 0 Å². The van der Waals surface area contributed by atoms with Gasteiger partial charge >= 0.3 is 0 Å². The molecule has 0 aromatic heterocycles. The minimum Gasteiger partial charge on any atom is -0.207 e. The Labute approximate surface area is 145 Å². The van der Waals surface area contributed by atoms with E-state index in [4.69, 9.17) is 0 Å². The minimum absolute atomic E-state index is 0.0480. The topological polar surface area (TPSA) is 37.4 Å². The molecule has 0 saturated carbocycles. The van der Waals surface area contributed by atoms with Crippen molar-refractivity contribution < 1.29 is 8.42 Å². The van der Waals surface area contributed by atoms with Gasteiger partial charge in [0.1, 0.15) is 0 Å². The lowest BCUT2D eigenvalue weighted by atomic mass is 9.91. The predicted molar refractivity (Wildman–Crippen MR) is 98.2 cm³/mol. The number of aryl methyl sites for hydroxylation is 1. The van der Waals surface area contributed by atoms with Crippen molar-refractivity contribution in [2.75, 3.05) is 6.54 Å². The molecule has 0 amide bonds. The fourth-order valence-corrected chi connectivity index (χ4v) is 5.33. The maximum atomic E-state index is 13.1. The fraction of sp³-hybridized carbons (Fsp3) is 0.400. The highest BCUT2D eigenvalue weighted by atomic mass is 32.2. The first kappa shape index (κ1) is 17.2. The quantitative estimate of drug-likeness (QED) is 0.806. The fourth-order valence-electron chi connectivity index (χ4n) is 3.62. The summed E-state index contributed by atoms with van der Waals surface area (Å²) in [6.45, 7) is 6.65. The Balaban J connectivity index is 1.88. The van der Waals surface area contributed by atoms with Crippen molar-refractivity contribution in [2.45, 2.75) is 43.5 Å². The molecule has 2 aliphatic rings. The van der Waals surface area contributed by atoms with Crippen molar-refractivity contribution >= 4 is 10.0 Å². The molecule has 2 atom stereocenters. The first-order valence-corrected chi connectivity index (χ1v) is 10.0. The maximum Gasteiger partial charge on any atom is 0.243 e. The number of hydrogen-bond acceptors (Lipinski definition) is 2. The van der Waals surface area contributed by atoms with Gasteiger partial charge in [0, 0.05) is 12.6 Å². The SMILES string of the molecule is C=C1/C=C\C=C/C[C@H]2[C@@H](CC1)CCN2S(=O)(=O)c1ccc(C)cc1. The van der Waals surface area contributed by atoms with Crippen LogP contribution in [0, 0.1) is 12.8 Å². The van der Waals surface area contributed by atoms with E-state index in [2.05, 4.69) is 12.7 Å². The molecule has 24 heavy (non-hydrogen) atoms. The van der Waals surface area contributed by atoms with E-state index in [0.29, 0.717) is 17.4 Å². The second kappa shape index (κ2) is 7.08. The number of fused-ring (bicyclic) bond motifs is 1. The summed E-state index contributed by atoms with van der Waals surface area (Å²) in [6.07, 6.45) is 11.8. The second-order valence-corrected chi connectivity index (χ2v) is 8.66. The number of rotatable bonds is 2. The monoisotopic (exact) mass is 343 g/mol. The van der Waals surface area contributed by atoms with Gasteiger partial charge < -0.3 is 0 Å². The van der Waals surface area contributed by atoms with Crippen LogP contribution in [-0.4, -0.2) is 25.3 Å². The molecule has 0 spiro atoms. The van der Waals surface area contributed by atoms with Gasteiger partial charge in [-0.2, -0.15) is 4.31 Å². The number of benzene rings is 1. The van der Waals surface area contributed by atoms with Gasteiger partial charge in [0.05, 0.1) is 4.90 Å². The number of sulfonamides is 1. The number of hydrogen-bond donors (Lipinski definition) is 0. The summed E-state index contributed by atoms with van der Waals surface area (Å²) in [5, 5.41) is 0. The zero-order valence-corrected chi connectivity index (χ0v) is 15.0. The minimum atomic E-state index is -3.43. The Bertz CT molecular complexity index is 759. The summed E-state index contributed by atoms with van der Waals surface area (Å²) < 4.78 is 27.9. The lowest BCUT2D eigenvalue weighted by molar-refractivity contribution is 0.326. The third kappa shape index (κ3) is 3.55. The molecule has 128 valence electrons. The molecule has 1 aromatic rings. The zero-order valence-electron chi connectivity index (χ0n) is 14.2. The highest BCUT2D eigenvalue weighted by Gasteiger charge is 2.40. The highest BCUT2D eigenvalue weighted by molar-refractivity contribution is 7.89. The molecule has 1 fully saturated rings. The third-order valence-electron chi connectivity index (χ3n) is 5.05. The summed E-state index contributed by atoms with van der Waals surface area (Å²) in [5.41, 5.74) is 2.18. The van der Waals surface area contributed by atoms with Gasteiger partial charge in [-0.3, -0.25) is 0 Å². The molecule has 1 aliphatic heterocycles. The van der Waals surface area contributed by atoms with Gasteiger partial charge in [0.2, 0.25) is 10.0 Å². The van der Waals surface area contributed by atoms with Crippen LogP contribution in [0.3, 0.4) is 0 Å². The van der Waals surface area contributed by atoms with Crippen LogP contribution in [-0.2, 0) is 10.0 Å². The smallest absolute Gasteiger partial charge is 0.207 e. The molecule has 1 heterocycles. The van der Waals surface area contributed by atoms with Gasteiger partial charge in [0.25, 0.3) is 0 Å². The van der Waals surface area contributed by atoms with Crippen LogP contribution in [0.15, 0.2) is 65.6 Å². The molecular weight excluding hydrogens is 318 g/mol. The Morgan fingerprint density at radius 1 is 1.12 bits per heavy atom. The Hall–Kier alpha value is -1.65. The van der Waals surface area contributed by atoms with E-state index in [9.17, 15) is 8.42 Å². The van der Waals surface area contributed by atoms with Crippen LogP contribution in [0.5, 0.6) is 0 Å². The average molecular weight is 343 g/mol. The normalized spacial score (nSPS) is 28.3. The van der Waals surface area contributed by atoms with E-state index in [-0.39, 0.29) is 6.04 Å². The van der Waals surface area contributed by atoms with E-state index in [1.807, 2.05) is 37.3 Å². The third-order valence-corrected chi connectivity index (χ3v) is 6.99. The molecule has 1 saturated heterocycles. The molecule has 0 radical (unpaired) electrons. The molecule has 1 aliphatic carbocycles. The zero-order chi connectivity index (χ0) is 17.2. The Morgan fingerprint density at radius 2 is 1.88 bits per heavy atom. The first-order chi connectivity index (χ1) is 11.5. The molecular formula is C20H25NO2S. The second-order valence-electron chi connectivity index (χ2n) is 6.76. The van der Waals surface area contributed by atoms with Crippen LogP contribution in [0.25, 0.3) is 0 Å². The molecule has 3 nitrogen and oxygen atoms in total. The van der Waals surface area contributed by atoms with Crippen molar-refractivity contribution in [3.63, 3.8) is 0 Å². The van der Waals surface area contributed by atoms with Crippen LogP contribution in [0.2, 0.25) is 0 Å². The van der Waals surface area contributed by atoms with Gasteiger partial charge in [-0.1, -0.05) is 54.2 Å². The maximum absolute atomic E-state index is 13.1. The van der Waals surface area contributed by atoms with Gasteiger partial charge in [-0.05, 0) is 50.7 Å². The van der Waals surface area contributed by atoms with E-state index < -0.39 is 10.0 Å². The number of allylic oxidation sites excluding steroid dienone is 4. The lowest BCUT2D eigenvalue weighted by Crippen LogP contribution is -2.37. The van der Waals surface area contributed by atoms with Crippen molar-refractivity contribution in [1.82, 2.24) is 4.31 Å². The van der Waals surface area contributed by atoms with E-state index >= 15 is 0 Å². The molecule has 0 unspecified atom stereocenters. The van der Waals surface area contributed by atoms with E-state index in [1.165, 1.54) is 0 Å². The Kier molecular flexibility index (Phi) is 5.07. The van der Waals surface area contributed by atoms with Crippen LogP contribution in [0.1, 0.15) is 31.2 Å². The average Bonchev–Trinajstić information content (AvgIpc) is 2.97. The van der Waals surface area contributed by atoms with Crippen molar-refractivity contribution in [3.8, 4) is 0 Å². The Morgan fingerprint density at radius 3 is 2.62 bits per heavy atom. The summed E-state index contributed by atoms with van der Waals surface area (Å²) in [6, 6.07) is 7.22. The van der Waals surface area contributed by atoms with Crippen LogP contribution in [0.4, 0.5) is 0 Å². The first-order valence-electron chi connectivity index (χ1n) is 8.58. The predicted octanol–water partition coefficient (Wildman–Crippen LogP) is 4.23. The van der Waals surface area contributed by atoms with Crippen molar-refractivity contribution in [2.24, 2.45) is 5.92 Å². The molecule has 0 N–H and O–H groups in total. The number of nitrogens with zero attached hydrogens (tertiary/aromatic N) is 1. The van der Waals surface area contributed by atoms with Gasteiger partial charge in [-0.25, -0.2) is 8.42 Å². The highest BCUT2D eigenvalue weighted by Crippen LogP contribution is 2.36. The van der Waals surface area contributed by atoms with Gasteiger partial charge in [-0.15, -0.1) is 0 Å². The largest absolute Gasteiger partial charge is 0.243 e. The molecule has 1 aromatic carbocycles. The molecule has 4 heteroatoms. The van der Waals surface area contributed by atoms with E-state index in [0.717, 1.165) is 36.8 Å².